The summed E-state index contributed by atoms with van der Waals surface area (Å²) in [6.07, 6.45) is 1.10. The van der Waals surface area contributed by atoms with Crippen LogP contribution in [0.3, 0.4) is 0 Å². The number of hydrogen-bond donors (Lipinski definition) is 1. The third-order valence-corrected chi connectivity index (χ3v) is 5.65. The van der Waals surface area contributed by atoms with Gasteiger partial charge in [-0.2, -0.15) is 0 Å². The van der Waals surface area contributed by atoms with E-state index < -0.39 is 5.60 Å². The van der Waals surface area contributed by atoms with Gasteiger partial charge in [0.05, 0.1) is 6.61 Å². The van der Waals surface area contributed by atoms with Crippen molar-refractivity contribution in [1.82, 2.24) is 4.90 Å². The van der Waals surface area contributed by atoms with Crippen LogP contribution in [0.1, 0.15) is 49.8 Å². The number of aliphatic hydroxyl groups excluding tert-OH is 1. The van der Waals surface area contributed by atoms with E-state index in [1.165, 1.54) is 0 Å². The van der Waals surface area contributed by atoms with E-state index in [1.807, 2.05) is 63.2 Å². The number of amides is 1. The maximum Gasteiger partial charge on any atom is 0.410 e. The molecule has 4 rings (SSSR count). The van der Waals surface area contributed by atoms with Crippen LogP contribution in [0.25, 0.3) is 0 Å². The lowest BCUT2D eigenvalue weighted by Gasteiger charge is -2.41. The number of fused-ring (bicyclic) bond motifs is 3. The molecule has 2 aromatic rings. The highest BCUT2D eigenvalue weighted by Crippen LogP contribution is 2.45. The van der Waals surface area contributed by atoms with Gasteiger partial charge in [-0.05, 0) is 50.8 Å². The molecule has 1 aliphatic carbocycles. The lowest BCUT2D eigenvalue weighted by Crippen LogP contribution is -2.48. The van der Waals surface area contributed by atoms with Gasteiger partial charge in [0.25, 0.3) is 0 Å². The molecule has 1 amide bonds. The summed E-state index contributed by atoms with van der Waals surface area (Å²) >= 11 is 0. The molecular weight excluding hydrogens is 382 g/mol. The Morgan fingerprint density at radius 1 is 1.17 bits per heavy atom. The van der Waals surface area contributed by atoms with Crippen LogP contribution in [0.5, 0.6) is 11.5 Å². The zero-order valence-electron chi connectivity index (χ0n) is 17.8. The second-order valence-electron chi connectivity index (χ2n) is 8.86. The van der Waals surface area contributed by atoms with Crippen LogP contribution in [-0.4, -0.2) is 41.1 Å². The quantitative estimate of drug-likeness (QED) is 0.815. The molecule has 0 saturated carbocycles. The highest BCUT2D eigenvalue weighted by atomic mass is 16.7. The smallest absolute Gasteiger partial charge is 0.410 e. The van der Waals surface area contributed by atoms with E-state index in [4.69, 9.17) is 14.2 Å². The number of ether oxygens (including phenoxy) is 3. The highest BCUT2D eigenvalue weighted by Gasteiger charge is 2.39. The molecule has 1 heterocycles. The Morgan fingerprint density at radius 2 is 1.93 bits per heavy atom. The molecule has 2 aromatic carbocycles. The first-order chi connectivity index (χ1) is 14.4. The molecule has 6 heteroatoms. The summed E-state index contributed by atoms with van der Waals surface area (Å²) in [6, 6.07) is 13.6. The maximum absolute atomic E-state index is 13.2. The fourth-order valence-corrected chi connectivity index (χ4v) is 4.36. The van der Waals surface area contributed by atoms with Crippen molar-refractivity contribution in [3.05, 3.63) is 59.2 Å². The van der Waals surface area contributed by atoms with Gasteiger partial charge in [0.1, 0.15) is 5.60 Å². The fourth-order valence-electron chi connectivity index (χ4n) is 4.36. The SMILES string of the molecule is CC(C)(C)OC(=O)N(Cc1ccccc1)C1CCc2c(ccc3c2OCO3)C1CO. The minimum absolute atomic E-state index is 0.0641. The first kappa shape index (κ1) is 20.5. The van der Waals surface area contributed by atoms with Crippen molar-refractivity contribution < 1.29 is 24.1 Å². The van der Waals surface area contributed by atoms with Crippen molar-refractivity contribution in [3.63, 3.8) is 0 Å². The molecule has 6 nitrogen and oxygen atoms in total. The molecule has 0 spiro atoms. The van der Waals surface area contributed by atoms with E-state index in [0.717, 1.165) is 34.6 Å². The van der Waals surface area contributed by atoms with E-state index in [0.29, 0.717) is 13.0 Å². The van der Waals surface area contributed by atoms with Crippen molar-refractivity contribution in [2.45, 2.75) is 57.7 Å². The molecule has 1 N–H and O–H groups in total. The molecule has 0 radical (unpaired) electrons. The molecule has 30 heavy (non-hydrogen) atoms. The van der Waals surface area contributed by atoms with E-state index in [9.17, 15) is 9.90 Å². The van der Waals surface area contributed by atoms with Gasteiger partial charge in [0.2, 0.25) is 6.79 Å². The molecule has 160 valence electrons. The molecule has 2 unspecified atom stereocenters. The molecule has 1 aliphatic heterocycles. The normalized spacial score (nSPS) is 19.9. The molecular formula is C24H29NO5. The van der Waals surface area contributed by atoms with Gasteiger partial charge in [-0.25, -0.2) is 4.79 Å². The topological polar surface area (TPSA) is 68.2 Å². The number of carbonyl (C=O) groups excluding carboxylic acids is 1. The van der Waals surface area contributed by atoms with Crippen LogP contribution < -0.4 is 9.47 Å². The average molecular weight is 411 g/mol. The van der Waals surface area contributed by atoms with Crippen molar-refractivity contribution in [2.75, 3.05) is 13.4 Å². The second-order valence-corrected chi connectivity index (χ2v) is 8.86. The molecule has 0 saturated heterocycles. The van der Waals surface area contributed by atoms with Crippen LogP contribution in [0.2, 0.25) is 0 Å². The Balaban J connectivity index is 1.68. The minimum atomic E-state index is -0.598. The van der Waals surface area contributed by atoms with E-state index in [1.54, 1.807) is 4.90 Å². The summed E-state index contributed by atoms with van der Waals surface area (Å²) in [5.74, 6) is 1.30. The van der Waals surface area contributed by atoms with Gasteiger partial charge in [0, 0.05) is 24.1 Å². The zero-order chi connectivity index (χ0) is 21.3. The molecule has 2 aliphatic rings. The average Bonchev–Trinajstić information content (AvgIpc) is 3.20. The molecule has 0 bridgehead atoms. The van der Waals surface area contributed by atoms with Crippen molar-refractivity contribution in [1.29, 1.82) is 0 Å². The summed E-state index contributed by atoms with van der Waals surface area (Å²) in [5.41, 5.74) is 2.51. The summed E-state index contributed by atoms with van der Waals surface area (Å²) < 4.78 is 16.9. The number of benzene rings is 2. The van der Waals surface area contributed by atoms with Crippen LogP contribution >= 0.6 is 0 Å². The minimum Gasteiger partial charge on any atom is -0.454 e. The van der Waals surface area contributed by atoms with Crippen LogP contribution in [0.15, 0.2) is 42.5 Å². The predicted molar refractivity (Wildman–Crippen MR) is 113 cm³/mol. The summed E-state index contributed by atoms with van der Waals surface area (Å²) in [5, 5.41) is 10.3. The van der Waals surface area contributed by atoms with Crippen LogP contribution in [0, 0.1) is 0 Å². The molecule has 0 aromatic heterocycles. The Bertz CT molecular complexity index is 906. The fraction of sp³-hybridized carbons (Fsp3) is 0.458. The van der Waals surface area contributed by atoms with E-state index >= 15 is 0 Å². The van der Waals surface area contributed by atoms with Gasteiger partial charge < -0.3 is 24.2 Å². The van der Waals surface area contributed by atoms with Gasteiger partial charge in [-0.15, -0.1) is 0 Å². The molecule has 2 atom stereocenters. The van der Waals surface area contributed by atoms with Gasteiger partial charge in [-0.1, -0.05) is 36.4 Å². The standard InChI is InChI=1S/C24H29NO5/c1-24(2,3)30-23(27)25(13-16-7-5-4-6-8-16)20-11-9-18-17(19(20)14-26)10-12-21-22(18)29-15-28-21/h4-8,10,12,19-20,26H,9,11,13-15H2,1-3H3. The van der Waals surface area contributed by atoms with E-state index in [-0.39, 0.29) is 31.5 Å². The summed E-state index contributed by atoms with van der Waals surface area (Å²) in [4.78, 5) is 15.0. The van der Waals surface area contributed by atoms with Crippen molar-refractivity contribution in [3.8, 4) is 11.5 Å². The van der Waals surface area contributed by atoms with Gasteiger partial charge >= 0.3 is 6.09 Å². The lowest BCUT2D eigenvalue weighted by molar-refractivity contribution is 0.00625. The Kier molecular flexibility index (Phi) is 5.60. The largest absolute Gasteiger partial charge is 0.454 e. The predicted octanol–water partition coefficient (Wildman–Crippen LogP) is 4.24. The number of hydrogen-bond acceptors (Lipinski definition) is 5. The second kappa shape index (κ2) is 8.19. The van der Waals surface area contributed by atoms with Crippen LogP contribution in [-0.2, 0) is 17.7 Å². The first-order valence-electron chi connectivity index (χ1n) is 10.4. The monoisotopic (exact) mass is 411 g/mol. The summed E-state index contributed by atoms with van der Waals surface area (Å²) in [6.45, 7) is 6.18. The third kappa shape index (κ3) is 4.10. The zero-order valence-corrected chi connectivity index (χ0v) is 17.8. The number of rotatable bonds is 4. The number of nitrogens with zero attached hydrogens (tertiary/aromatic N) is 1. The Morgan fingerprint density at radius 3 is 2.63 bits per heavy atom. The number of carbonyl (C=O) groups is 1. The Labute approximate surface area is 177 Å². The third-order valence-electron chi connectivity index (χ3n) is 5.65. The van der Waals surface area contributed by atoms with Crippen LogP contribution in [0.4, 0.5) is 4.79 Å². The Hall–Kier alpha value is -2.73. The first-order valence-corrected chi connectivity index (χ1v) is 10.4. The van der Waals surface area contributed by atoms with Gasteiger partial charge in [0.15, 0.2) is 11.5 Å². The summed E-state index contributed by atoms with van der Waals surface area (Å²) in [7, 11) is 0. The number of aliphatic hydroxyl groups is 1. The maximum atomic E-state index is 13.2. The van der Waals surface area contributed by atoms with E-state index in [2.05, 4.69) is 0 Å². The van der Waals surface area contributed by atoms with Crippen molar-refractivity contribution >= 4 is 6.09 Å². The lowest BCUT2D eigenvalue weighted by atomic mass is 9.78. The highest BCUT2D eigenvalue weighted by molar-refractivity contribution is 5.69. The van der Waals surface area contributed by atoms with Crippen molar-refractivity contribution in [2.24, 2.45) is 0 Å². The molecule has 0 fully saturated rings. The van der Waals surface area contributed by atoms with Gasteiger partial charge in [-0.3, -0.25) is 0 Å².